The van der Waals surface area contributed by atoms with Gasteiger partial charge >= 0.3 is 0 Å². The molecule has 0 radical (unpaired) electrons. The van der Waals surface area contributed by atoms with Gasteiger partial charge in [0.05, 0.1) is 23.5 Å². The molecule has 2 N–H and O–H groups in total. The number of likely N-dealkylation sites (N-methyl/N-ethyl adjacent to an activating group) is 1. The zero-order chi connectivity index (χ0) is 11.7. The number of nitrogens with two attached hydrogens (primary N) is 1. The van der Waals surface area contributed by atoms with Crippen molar-refractivity contribution in [3.05, 3.63) is 23.8 Å². The molecule has 0 bridgehead atoms. The highest BCUT2D eigenvalue weighted by Crippen LogP contribution is 2.29. The van der Waals surface area contributed by atoms with Crippen LogP contribution < -0.4 is 10.6 Å². The molecule has 3 nitrogen and oxygen atoms in total. The molecule has 0 aromatic heterocycles. The Balaban J connectivity index is 2.25. The molecule has 0 aliphatic carbocycles. The Morgan fingerprint density at radius 1 is 1.44 bits per heavy atom. The fourth-order valence-electron chi connectivity index (χ4n) is 2.37. The van der Waals surface area contributed by atoms with Crippen molar-refractivity contribution in [1.29, 1.82) is 0 Å². The van der Waals surface area contributed by atoms with Crippen LogP contribution in [0.4, 0.5) is 11.4 Å². The smallest absolute Gasteiger partial charge is 0.0750 e. The largest absolute Gasteiger partial charge is 0.397 e. The van der Waals surface area contributed by atoms with Gasteiger partial charge in [-0.25, -0.2) is 0 Å². The Hall–Kier alpha value is -1.22. The molecule has 2 atom stereocenters. The number of aryl methyl sites for hydroxylation is 1. The average molecular weight is 220 g/mol. The summed E-state index contributed by atoms with van der Waals surface area (Å²) in [6.07, 6.45) is 1.36. The van der Waals surface area contributed by atoms with Crippen LogP contribution in [0.5, 0.6) is 0 Å². The predicted molar refractivity (Wildman–Crippen MR) is 67.8 cm³/mol. The molecule has 0 amide bonds. The van der Waals surface area contributed by atoms with E-state index in [1.807, 2.05) is 12.1 Å². The van der Waals surface area contributed by atoms with Gasteiger partial charge in [-0.05, 0) is 38.0 Å². The number of anilines is 2. The molecule has 0 spiro atoms. The molecule has 1 aliphatic heterocycles. The Labute approximate surface area is 97.2 Å². The van der Waals surface area contributed by atoms with Crippen LogP contribution in [0.3, 0.4) is 0 Å². The summed E-state index contributed by atoms with van der Waals surface area (Å²) in [5.41, 5.74) is 9.21. The maximum atomic E-state index is 6.02. The highest BCUT2D eigenvalue weighted by atomic mass is 16.5. The molecule has 2 unspecified atom stereocenters. The molecule has 3 heteroatoms. The highest BCUT2D eigenvalue weighted by Gasteiger charge is 2.28. The van der Waals surface area contributed by atoms with Crippen LogP contribution in [-0.4, -0.2) is 25.8 Å². The van der Waals surface area contributed by atoms with Crippen LogP contribution in [0.1, 0.15) is 18.9 Å². The van der Waals surface area contributed by atoms with E-state index < -0.39 is 0 Å². The van der Waals surface area contributed by atoms with E-state index in [9.17, 15) is 0 Å². The molecule has 16 heavy (non-hydrogen) atoms. The molecule has 0 saturated carbocycles. The maximum Gasteiger partial charge on any atom is 0.0750 e. The number of nitrogen functional groups attached to an aromatic ring is 1. The summed E-state index contributed by atoms with van der Waals surface area (Å²) < 4.78 is 5.60. The lowest BCUT2D eigenvalue weighted by atomic mass is 10.1. The van der Waals surface area contributed by atoms with E-state index in [0.717, 1.165) is 24.4 Å². The minimum Gasteiger partial charge on any atom is -0.397 e. The first kappa shape index (κ1) is 11.3. The molecule has 1 aromatic rings. The Bertz CT molecular complexity index is 378. The normalized spacial score (nSPS) is 24.7. The molecular weight excluding hydrogens is 200 g/mol. The van der Waals surface area contributed by atoms with Crippen molar-refractivity contribution in [2.45, 2.75) is 32.4 Å². The summed E-state index contributed by atoms with van der Waals surface area (Å²) in [5.74, 6) is 0. The van der Waals surface area contributed by atoms with Crippen LogP contribution in [0.15, 0.2) is 18.2 Å². The van der Waals surface area contributed by atoms with Crippen LogP contribution >= 0.6 is 0 Å². The summed E-state index contributed by atoms with van der Waals surface area (Å²) in [4.78, 5) is 2.25. The summed E-state index contributed by atoms with van der Waals surface area (Å²) in [6.45, 7) is 5.06. The summed E-state index contributed by atoms with van der Waals surface area (Å²) in [6, 6.07) is 6.59. The highest BCUT2D eigenvalue weighted by molar-refractivity contribution is 5.68. The van der Waals surface area contributed by atoms with Crippen molar-refractivity contribution in [1.82, 2.24) is 0 Å². The predicted octanol–water partition coefficient (Wildman–Crippen LogP) is 2.19. The van der Waals surface area contributed by atoms with Gasteiger partial charge < -0.3 is 15.4 Å². The average Bonchev–Trinajstić information content (AvgIpc) is 2.67. The van der Waals surface area contributed by atoms with Crippen molar-refractivity contribution in [3.8, 4) is 0 Å². The summed E-state index contributed by atoms with van der Waals surface area (Å²) in [7, 11) is 2.10. The second kappa shape index (κ2) is 4.34. The first-order valence-electron chi connectivity index (χ1n) is 5.80. The number of rotatable bonds is 2. The second-order valence-corrected chi connectivity index (χ2v) is 4.61. The topological polar surface area (TPSA) is 38.5 Å². The van der Waals surface area contributed by atoms with E-state index in [0.29, 0.717) is 6.04 Å². The minimum atomic E-state index is 0.282. The number of nitrogens with zero attached hydrogens (tertiary/aromatic N) is 1. The molecule has 1 heterocycles. The number of ether oxygens (including phenoxy) is 1. The van der Waals surface area contributed by atoms with Crippen molar-refractivity contribution >= 4 is 11.4 Å². The number of hydrogen-bond acceptors (Lipinski definition) is 3. The Morgan fingerprint density at radius 2 is 2.19 bits per heavy atom. The van der Waals surface area contributed by atoms with Gasteiger partial charge in [0.2, 0.25) is 0 Å². The van der Waals surface area contributed by atoms with Crippen LogP contribution in [-0.2, 0) is 4.74 Å². The maximum absolute atomic E-state index is 6.02. The molecule has 1 saturated heterocycles. The zero-order valence-electron chi connectivity index (χ0n) is 10.2. The van der Waals surface area contributed by atoms with Crippen LogP contribution in [0.25, 0.3) is 0 Å². The van der Waals surface area contributed by atoms with Crippen molar-refractivity contribution in [2.75, 3.05) is 24.3 Å². The monoisotopic (exact) mass is 220 g/mol. The lowest BCUT2D eigenvalue weighted by molar-refractivity contribution is 0.118. The molecule has 1 fully saturated rings. The van der Waals surface area contributed by atoms with Gasteiger partial charge in [0.25, 0.3) is 0 Å². The van der Waals surface area contributed by atoms with Gasteiger partial charge in [-0.3, -0.25) is 0 Å². The standard InChI is InChI=1S/C13H20N2O/c1-9-4-5-11(14)13(8-9)15(3)12-6-7-16-10(12)2/h4-5,8,10,12H,6-7,14H2,1-3H3. The molecule has 1 aliphatic rings. The third-order valence-electron chi connectivity index (χ3n) is 3.40. The van der Waals surface area contributed by atoms with Crippen LogP contribution in [0, 0.1) is 6.92 Å². The quantitative estimate of drug-likeness (QED) is 0.776. The number of hydrogen-bond donors (Lipinski definition) is 1. The molecule has 2 rings (SSSR count). The summed E-state index contributed by atoms with van der Waals surface area (Å²) in [5, 5.41) is 0. The molecule has 1 aromatic carbocycles. The summed E-state index contributed by atoms with van der Waals surface area (Å²) >= 11 is 0. The van der Waals surface area contributed by atoms with Gasteiger partial charge in [-0.2, -0.15) is 0 Å². The van der Waals surface area contributed by atoms with E-state index in [2.05, 4.69) is 31.9 Å². The lowest BCUT2D eigenvalue weighted by Crippen LogP contribution is -2.37. The molecular formula is C13H20N2O. The van der Waals surface area contributed by atoms with Gasteiger partial charge in [0.1, 0.15) is 0 Å². The van der Waals surface area contributed by atoms with Crippen molar-refractivity contribution in [2.24, 2.45) is 0 Å². The fourth-order valence-corrected chi connectivity index (χ4v) is 2.37. The van der Waals surface area contributed by atoms with Crippen molar-refractivity contribution < 1.29 is 4.74 Å². The Morgan fingerprint density at radius 3 is 2.81 bits per heavy atom. The van der Waals surface area contributed by atoms with Gasteiger partial charge in [0.15, 0.2) is 0 Å². The Kier molecular flexibility index (Phi) is 3.06. The zero-order valence-corrected chi connectivity index (χ0v) is 10.2. The van der Waals surface area contributed by atoms with E-state index >= 15 is 0 Å². The third-order valence-corrected chi connectivity index (χ3v) is 3.40. The molecule has 88 valence electrons. The third kappa shape index (κ3) is 2.00. The van der Waals surface area contributed by atoms with Crippen LogP contribution in [0.2, 0.25) is 0 Å². The van der Waals surface area contributed by atoms with Gasteiger partial charge in [-0.1, -0.05) is 6.07 Å². The number of benzene rings is 1. The first-order chi connectivity index (χ1) is 7.59. The minimum absolute atomic E-state index is 0.282. The fraction of sp³-hybridized carbons (Fsp3) is 0.538. The van der Waals surface area contributed by atoms with Gasteiger partial charge in [-0.15, -0.1) is 0 Å². The second-order valence-electron chi connectivity index (χ2n) is 4.61. The van der Waals surface area contributed by atoms with E-state index in [4.69, 9.17) is 10.5 Å². The first-order valence-corrected chi connectivity index (χ1v) is 5.80. The van der Waals surface area contributed by atoms with E-state index in [-0.39, 0.29) is 6.10 Å². The van der Waals surface area contributed by atoms with E-state index in [1.54, 1.807) is 0 Å². The van der Waals surface area contributed by atoms with Gasteiger partial charge in [0, 0.05) is 13.7 Å². The van der Waals surface area contributed by atoms with Crippen molar-refractivity contribution in [3.63, 3.8) is 0 Å². The lowest BCUT2D eigenvalue weighted by Gasteiger charge is -2.30. The SMILES string of the molecule is Cc1ccc(N)c(N(C)C2CCOC2C)c1. The van der Waals surface area contributed by atoms with E-state index in [1.165, 1.54) is 5.56 Å².